The lowest BCUT2D eigenvalue weighted by Gasteiger charge is -2.08. The molecule has 0 unspecified atom stereocenters. The molecule has 0 amide bonds. The molecule has 5 nitrogen and oxygen atoms in total. The first-order valence-electron chi connectivity index (χ1n) is 6.10. The molecule has 6 heteroatoms. The minimum absolute atomic E-state index is 0.134. The van der Waals surface area contributed by atoms with Gasteiger partial charge in [0.25, 0.3) is 0 Å². The van der Waals surface area contributed by atoms with Crippen molar-refractivity contribution in [2.24, 2.45) is 5.73 Å². The molecule has 0 aliphatic heterocycles. The van der Waals surface area contributed by atoms with Gasteiger partial charge < -0.3 is 15.2 Å². The molecule has 0 aliphatic rings. The standard InChI is InChI=1S/C14H16N2O3S/c1-18-11-4-3-9(7-12(11)19-2)14(17)10-8-20-13(16-10)5-6-15/h3-4,7-8H,5-6,15H2,1-2H3. The van der Waals surface area contributed by atoms with Crippen molar-refractivity contribution in [3.8, 4) is 11.5 Å². The predicted molar refractivity (Wildman–Crippen MR) is 77.9 cm³/mol. The van der Waals surface area contributed by atoms with E-state index >= 15 is 0 Å². The van der Waals surface area contributed by atoms with Gasteiger partial charge in [0.2, 0.25) is 5.78 Å². The Hall–Kier alpha value is -1.92. The highest BCUT2D eigenvalue weighted by Gasteiger charge is 2.15. The number of benzene rings is 1. The maximum absolute atomic E-state index is 12.3. The molecule has 0 fully saturated rings. The van der Waals surface area contributed by atoms with E-state index in [2.05, 4.69) is 4.98 Å². The Balaban J connectivity index is 2.27. The van der Waals surface area contributed by atoms with E-state index < -0.39 is 0 Å². The molecule has 0 atom stereocenters. The summed E-state index contributed by atoms with van der Waals surface area (Å²) in [5.41, 5.74) is 6.43. The van der Waals surface area contributed by atoms with E-state index in [-0.39, 0.29) is 5.78 Å². The third-order valence-electron chi connectivity index (χ3n) is 2.79. The van der Waals surface area contributed by atoms with E-state index in [1.165, 1.54) is 18.4 Å². The van der Waals surface area contributed by atoms with Gasteiger partial charge in [0.1, 0.15) is 5.69 Å². The Labute approximate surface area is 121 Å². The molecule has 0 saturated heterocycles. The molecule has 2 rings (SSSR count). The average Bonchev–Trinajstić information content (AvgIpc) is 2.94. The zero-order chi connectivity index (χ0) is 14.5. The van der Waals surface area contributed by atoms with Crippen LogP contribution in [-0.4, -0.2) is 31.5 Å². The summed E-state index contributed by atoms with van der Waals surface area (Å²) in [5.74, 6) is 0.979. The molecule has 20 heavy (non-hydrogen) atoms. The van der Waals surface area contributed by atoms with E-state index in [9.17, 15) is 4.79 Å². The molecule has 0 radical (unpaired) electrons. The predicted octanol–water partition coefficient (Wildman–Crippen LogP) is 1.89. The van der Waals surface area contributed by atoms with Crippen molar-refractivity contribution in [1.82, 2.24) is 4.98 Å². The van der Waals surface area contributed by atoms with Crippen molar-refractivity contribution >= 4 is 17.1 Å². The van der Waals surface area contributed by atoms with Crippen LogP contribution in [0.5, 0.6) is 11.5 Å². The summed E-state index contributed by atoms with van der Waals surface area (Å²) in [4.78, 5) is 16.6. The maximum Gasteiger partial charge on any atom is 0.212 e. The zero-order valence-electron chi connectivity index (χ0n) is 11.4. The van der Waals surface area contributed by atoms with Crippen LogP contribution in [0.25, 0.3) is 0 Å². The number of nitrogens with two attached hydrogens (primary N) is 1. The second-order valence-electron chi connectivity index (χ2n) is 4.06. The van der Waals surface area contributed by atoms with Crippen LogP contribution in [-0.2, 0) is 6.42 Å². The first kappa shape index (κ1) is 14.5. The van der Waals surface area contributed by atoms with Gasteiger partial charge in [-0.25, -0.2) is 4.98 Å². The molecular formula is C14H16N2O3S. The lowest BCUT2D eigenvalue weighted by Crippen LogP contribution is -2.05. The van der Waals surface area contributed by atoms with Crippen LogP contribution in [0, 0.1) is 0 Å². The number of methoxy groups -OCH3 is 2. The molecule has 0 saturated carbocycles. The van der Waals surface area contributed by atoms with E-state index in [4.69, 9.17) is 15.2 Å². The van der Waals surface area contributed by atoms with Gasteiger partial charge in [-0.2, -0.15) is 0 Å². The van der Waals surface area contributed by atoms with Gasteiger partial charge in [-0.1, -0.05) is 0 Å². The monoisotopic (exact) mass is 292 g/mol. The molecule has 106 valence electrons. The van der Waals surface area contributed by atoms with Crippen LogP contribution >= 0.6 is 11.3 Å². The Bertz CT molecular complexity index is 610. The fourth-order valence-electron chi connectivity index (χ4n) is 1.78. The first-order chi connectivity index (χ1) is 9.69. The zero-order valence-corrected chi connectivity index (χ0v) is 12.2. The van der Waals surface area contributed by atoms with Gasteiger partial charge >= 0.3 is 0 Å². The highest BCUT2D eigenvalue weighted by molar-refractivity contribution is 7.09. The summed E-state index contributed by atoms with van der Waals surface area (Å²) < 4.78 is 10.3. The number of hydrogen-bond acceptors (Lipinski definition) is 6. The lowest BCUT2D eigenvalue weighted by atomic mass is 10.1. The number of ether oxygens (including phenoxy) is 2. The molecule has 0 bridgehead atoms. The third kappa shape index (κ3) is 2.97. The number of rotatable bonds is 6. The number of hydrogen-bond donors (Lipinski definition) is 1. The largest absolute Gasteiger partial charge is 0.493 e. The van der Waals surface area contributed by atoms with Crippen LogP contribution in [0.3, 0.4) is 0 Å². The molecule has 1 heterocycles. The van der Waals surface area contributed by atoms with Crippen LogP contribution < -0.4 is 15.2 Å². The minimum atomic E-state index is -0.134. The summed E-state index contributed by atoms with van der Waals surface area (Å²) in [6.07, 6.45) is 0.684. The van der Waals surface area contributed by atoms with E-state index in [1.807, 2.05) is 0 Å². The number of aromatic nitrogens is 1. The number of carbonyl (C=O) groups is 1. The summed E-state index contributed by atoms with van der Waals surface area (Å²) in [5, 5.41) is 2.63. The fraction of sp³-hybridized carbons (Fsp3) is 0.286. The Morgan fingerprint density at radius 2 is 2.05 bits per heavy atom. The topological polar surface area (TPSA) is 74.4 Å². The molecule has 2 aromatic rings. The minimum Gasteiger partial charge on any atom is -0.493 e. The summed E-state index contributed by atoms with van der Waals surface area (Å²) in [6, 6.07) is 5.06. The van der Waals surface area contributed by atoms with Gasteiger partial charge in [0.15, 0.2) is 11.5 Å². The lowest BCUT2D eigenvalue weighted by molar-refractivity contribution is 0.103. The van der Waals surface area contributed by atoms with Crippen molar-refractivity contribution in [2.45, 2.75) is 6.42 Å². The molecular weight excluding hydrogens is 276 g/mol. The molecule has 1 aromatic carbocycles. The van der Waals surface area contributed by atoms with Gasteiger partial charge in [0, 0.05) is 17.4 Å². The fourth-order valence-corrected chi connectivity index (χ4v) is 2.57. The van der Waals surface area contributed by atoms with Gasteiger partial charge in [-0.15, -0.1) is 11.3 Å². The SMILES string of the molecule is COc1ccc(C(=O)c2csc(CCN)n2)cc1OC. The van der Waals surface area contributed by atoms with Crippen molar-refractivity contribution in [3.63, 3.8) is 0 Å². The Morgan fingerprint density at radius 1 is 1.30 bits per heavy atom. The van der Waals surface area contributed by atoms with Gasteiger partial charge in [0.05, 0.1) is 19.2 Å². The van der Waals surface area contributed by atoms with Crippen LogP contribution in [0.4, 0.5) is 0 Å². The quantitative estimate of drug-likeness (QED) is 0.823. The number of thiazole rings is 1. The van der Waals surface area contributed by atoms with Crippen LogP contribution in [0.15, 0.2) is 23.6 Å². The van der Waals surface area contributed by atoms with Gasteiger partial charge in [-0.3, -0.25) is 4.79 Å². The number of nitrogens with zero attached hydrogens (tertiary/aromatic N) is 1. The normalized spacial score (nSPS) is 10.3. The van der Waals surface area contributed by atoms with E-state index in [0.717, 1.165) is 5.01 Å². The van der Waals surface area contributed by atoms with Crippen molar-refractivity contribution in [2.75, 3.05) is 20.8 Å². The molecule has 1 aromatic heterocycles. The van der Waals surface area contributed by atoms with Gasteiger partial charge in [-0.05, 0) is 24.7 Å². The number of carbonyl (C=O) groups excluding carboxylic acids is 1. The Kier molecular flexibility index (Phi) is 4.70. The van der Waals surface area contributed by atoms with Crippen molar-refractivity contribution < 1.29 is 14.3 Å². The van der Waals surface area contributed by atoms with E-state index in [0.29, 0.717) is 35.7 Å². The van der Waals surface area contributed by atoms with E-state index in [1.54, 1.807) is 30.7 Å². The highest BCUT2D eigenvalue weighted by atomic mass is 32.1. The second-order valence-corrected chi connectivity index (χ2v) is 5.01. The average molecular weight is 292 g/mol. The summed E-state index contributed by atoms with van der Waals surface area (Å²) in [7, 11) is 3.09. The van der Waals surface area contributed by atoms with Crippen LogP contribution in [0.2, 0.25) is 0 Å². The second kappa shape index (κ2) is 6.49. The molecule has 0 aliphatic carbocycles. The van der Waals surface area contributed by atoms with Crippen molar-refractivity contribution in [1.29, 1.82) is 0 Å². The van der Waals surface area contributed by atoms with Crippen molar-refractivity contribution in [3.05, 3.63) is 39.8 Å². The van der Waals surface area contributed by atoms with Crippen LogP contribution in [0.1, 0.15) is 21.1 Å². The third-order valence-corrected chi connectivity index (χ3v) is 3.70. The summed E-state index contributed by atoms with van der Waals surface area (Å²) >= 11 is 1.45. The Morgan fingerprint density at radius 3 is 2.70 bits per heavy atom. The summed E-state index contributed by atoms with van der Waals surface area (Å²) in [6.45, 7) is 0.525. The first-order valence-corrected chi connectivity index (χ1v) is 6.98. The molecule has 2 N–H and O–H groups in total. The smallest absolute Gasteiger partial charge is 0.212 e. The maximum atomic E-state index is 12.3. The number of ketones is 1. The highest BCUT2D eigenvalue weighted by Crippen LogP contribution is 2.28. The molecule has 0 spiro atoms.